The topological polar surface area (TPSA) is 142 Å². The number of nitrogens with zero attached hydrogens (tertiary/aromatic N) is 3. The Kier molecular flexibility index (Phi) is 4.61. The number of amides is 1. The van der Waals surface area contributed by atoms with Crippen LogP contribution in [0.1, 0.15) is 0 Å². The smallest absolute Gasteiger partial charge is 0.330 e. The molecule has 0 aliphatic rings. The van der Waals surface area contributed by atoms with E-state index in [1.165, 1.54) is 19.8 Å². The number of nitrogens with one attached hydrogen (secondary N) is 3. The number of carbonyl (C=O) groups excluding carboxylic acids is 2. The van der Waals surface area contributed by atoms with Crippen molar-refractivity contribution in [2.75, 3.05) is 25.6 Å². The Morgan fingerprint density at radius 3 is 2.95 bits per heavy atom. The Hall–Kier alpha value is -2.75. The first-order chi connectivity index (χ1) is 10.2. The van der Waals surface area contributed by atoms with Crippen LogP contribution in [0.25, 0.3) is 11.2 Å². The molecule has 4 N–H and O–H groups in total. The molecular formula is C11H14N6O4. The van der Waals surface area contributed by atoms with Gasteiger partial charge in [0.2, 0.25) is 5.91 Å². The summed E-state index contributed by atoms with van der Waals surface area (Å²) in [6.07, 6.45) is 2.78. The van der Waals surface area contributed by atoms with Gasteiger partial charge in [-0.15, -0.1) is 0 Å². The summed E-state index contributed by atoms with van der Waals surface area (Å²) in [7, 11) is 1.17. The van der Waals surface area contributed by atoms with Crippen LogP contribution in [0.5, 0.6) is 0 Å². The summed E-state index contributed by atoms with van der Waals surface area (Å²) in [5, 5.41) is 14.1. The Morgan fingerprint density at radius 2 is 2.24 bits per heavy atom. The highest BCUT2D eigenvalue weighted by Gasteiger charge is 2.20. The molecule has 0 spiro atoms. The lowest BCUT2D eigenvalue weighted by Gasteiger charge is -2.14. The second kappa shape index (κ2) is 6.61. The fourth-order valence-electron chi connectivity index (χ4n) is 1.63. The molecule has 10 heteroatoms. The van der Waals surface area contributed by atoms with Crippen LogP contribution in [0.4, 0.5) is 5.82 Å². The molecule has 2 heterocycles. The number of H-pyrrole nitrogens is 1. The zero-order chi connectivity index (χ0) is 15.2. The highest BCUT2D eigenvalue weighted by Crippen LogP contribution is 2.13. The summed E-state index contributed by atoms with van der Waals surface area (Å²) < 4.78 is 4.45. The van der Waals surface area contributed by atoms with Crippen LogP contribution >= 0.6 is 0 Å². The van der Waals surface area contributed by atoms with E-state index in [9.17, 15) is 9.59 Å². The summed E-state index contributed by atoms with van der Waals surface area (Å²) >= 11 is 0. The number of fused-ring (bicyclic) bond motifs is 1. The lowest BCUT2D eigenvalue weighted by Crippen LogP contribution is -2.46. The molecule has 2 aromatic rings. The van der Waals surface area contributed by atoms with Crippen molar-refractivity contribution >= 4 is 28.9 Å². The lowest BCUT2D eigenvalue weighted by molar-refractivity contribution is -0.146. The van der Waals surface area contributed by atoms with Gasteiger partial charge >= 0.3 is 5.97 Å². The largest absolute Gasteiger partial charge is 0.467 e. The number of aromatic amines is 1. The van der Waals surface area contributed by atoms with Crippen molar-refractivity contribution in [1.82, 2.24) is 25.3 Å². The number of aliphatic hydroxyl groups is 1. The van der Waals surface area contributed by atoms with Crippen LogP contribution in [0.3, 0.4) is 0 Å². The quantitative estimate of drug-likeness (QED) is 0.467. The number of methoxy groups -OCH3 is 1. The number of ether oxygens (including phenoxy) is 1. The maximum atomic E-state index is 11.7. The highest BCUT2D eigenvalue weighted by atomic mass is 16.5. The molecule has 2 rings (SSSR count). The highest BCUT2D eigenvalue weighted by molar-refractivity contribution is 5.89. The minimum absolute atomic E-state index is 0.140. The number of imidazole rings is 1. The van der Waals surface area contributed by atoms with Crippen LogP contribution in [-0.2, 0) is 14.3 Å². The van der Waals surface area contributed by atoms with Gasteiger partial charge in [-0.3, -0.25) is 4.79 Å². The van der Waals surface area contributed by atoms with Crippen molar-refractivity contribution in [3.63, 3.8) is 0 Å². The Bertz CT molecular complexity index is 642. The predicted octanol–water partition coefficient (Wildman–Crippen LogP) is -1.59. The summed E-state index contributed by atoms with van der Waals surface area (Å²) in [4.78, 5) is 37.7. The zero-order valence-corrected chi connectivity index (χ0v) is 11.2. The van der Waals surface area contributed by atoms with E-state index in [4.69, 9.17) is 5.11 Å². The van der Waals surface area contributed by atoms with Gasteiger partial charge in [0, 0.05) is 0 Å². The number of anilines is 1. The molecule has 10 nitrogen and oxygen atoms in total. The molecule has 1 atom stereocenters. The molecule has 1 amide bonds. The predicted molar refractivity (Wildman–Crippen MR) is 71.2 cm³/mol. The average Bonchev–Trinajstić information content (AvgIpc) is 2.98. The number of rotatable bonds is 6. The van der Waals surface area contributed by atoms with Crippen LogP contribution < -0.4 is 10.6 Å². The number of esters is 1. The van der Waals surface area contributed by atoms with E-state index >= 15 is 0 Å². The first-order valence-corrected chi connectivity index (χ1v) is 6.01. The third kappa shape index (κ3) is 3.42. The minimum Gasteiger partial charge on any atom is -0.467 e. The van der Waals surface area contributed by atoms with Crippen LogP contribution in [0.2, 0.25) is 0 Å². The van der Waals surface area contributed by atoms with E-state index in [1.54, 1.807) is 0 Å². The molecule has 0 fully saturated rings. The Labute approximate surface area is 119 Å². The second-order valence-corrected chi connectivity index (χ2v) is 4.00. The van der Waals surface area contributed by atoms with Gasteiger partial charge in [0.1, 0.15) is 11.8 Å². The molecule has 0 saturated carbocycles. The first kappa shape index (κ1) is 14.7. The number of aliphatic hydroxyl groups excluding tert-OH is 1. The molecule has 0 bridgehead atoms. The molecule has 0 saturated heterocycles. The molecule has 0 radical (unpaired) electrons. The molecule has 0 aliphatic carbocycles. The molecule has 0 aromatic carbocycles. The Morgan fingerprint density at radius 1 is 1.43 bits per heavy atom. The minimum atomic E-state index is -1.10. The van der Waals surface area contributed by atoms with Crippen molar-refractivity contribution in [2.45, 2.75) is 6.04 Å². The third-order valence-corrected chi connectivity index (χ3v) is 2.64. The van der Waals surface area contributed by atoms with E-state index in [0.717, 1.165) is 0 Å². The van der Waals surface area contributed by atoms with Gasteiger partial charge < -0.3 is 25.5 Å². The van der Waals surface area contributed by atoms with E-state index in [1.807, 2.05) is 0 Å². The Balaban J connectivity index is 1.95. The molecular weight excluding hydrogens is 280 g/mol. The molecule has 2 aromatic heterocycles. The van der Waals surface area contributed by atoms with Gasteiger partial charge in [-0.05, 0) is 0 Å². The number of hydrogen-bond acceptors (Lipinski definition) is 8. The van der Waals surface area contributed by atoms with Gasteiger partial charge in [-0.1, -0.05) is 0 Å². The SMILES string of the molecule is COC(=O)[C@H](CO)NC(=O)CNc1ncnc2nc[nH]c12. The fraction of sp³-hybridized carbons (Fsp3) is 0.364. The van der Waals surface area contributed by atoms with Gasteiger partial charge in [0.25, 0.3) is 0 Å². The molecule has 21 heavy (non-hydrogen) atoms. The monoisotopic (exact) mass is 294 g/mol. The van der Waals surface area contributed by atoms with Crippen LogP contribution in [0.15, 0.2) is 12.7 Å². The standard InChI is InChI=1S/C11H14N6O4/c1-21-11(20)6(3-18)17-7(19)2-12-9-8-10(14-4-13-8)16-5-15-9/h4-6,18H,2-3H2,1H3,(H,17,19)(H2,12,13,14,15,16)/t6-/m0/s1. The van der Waals surface area contributed by atoms with Crippen LogP contribution in [0, 0.1) is 0 Å². The maximum absolute atomic E-state index is 11.7. The molecule has 0 aliphatic heterocycles. The number of aromatic nitrogens is 4. The van der Waals surface area contributed by atoms with Crippen molar-refractivity contribution in [1.29, 1.82) is 0 Å². The van der Waals surface area contributed by atoms with Crippen molar-refractivity contribution < 1.29 is 19.4 Å². The average molecular weight is 294 g/mol. The summed E-state index contributed by atoms with van der Waals surface area (Å²) in [6.45, 7) is -0.685. The van der Waals surface area contributed by atoms with E-state index in [-0.39, 0.29) is 6.54 Å². The summed E-state index contributed by atoms with van der Waals surface area (Å²) in [5.74, 6) is -0.805. The number of carbonyl (C=O) groups is 2. The third-order valence-electron chi connectivity index (χ3n) is 2.64. The van der Waals surface area contributed by atoms with Gasteiger partial charge in [0.05, 0.1) is 26.6 Å². The zero-order valence-electron chi connectivity index (χ0n) is 11.2. The van der Waals surface area contributed by atoms with Crippen molar-refractivity contribution in [2.24, 2.45) is 0 Å². The van der Waals surface area contributed by atoms with Gasteiger partial charge in [-0.2, -0.15) is 0 Å². The van der Waals surface area contributed by atoms with E-state index < -0.39 is 24.5 Å². The number of hydrogen-bond donors (Lipinski definition) is 4. The first-order valence-electron chi connectivity index (χ1n) is 6.01. The normalized spacial score (nSPS) is 11.9. The van der Waals surface area contributed by atoms with Crippen LogP contribution in [-0.4, -0.2) is 63.2 Å². The van der Waals surface area contributed by atoms with E-state index in [0.29, 0.717) is 17.0 Å². The van der Waals surface area contributed by atoms with E-state index in [2.05, 4.69) is 35.3 Å². The van der Waals surface area contributed by atoms with Gasteiger partial charge in [0.15, 0.2) is 17.5 Å². The lowest BCUT2D eigenvalue weighted by atomic mass is 10.3. The fourth-order valence-corrected chi connectivity index (χ4v) is 1.63. The second-order valence-electron chi connectivity index (χ2n) is 4.00. The van der Waals surface area contributed by atoms with Crippen molar-refractivity contribution in [3.05, 3.63) is 12.7 Å². The molecule has 112 valence electrons. The summed E-state index contributed by atoms with van der Waals surface area (Å²) in [5.41, 5.74) is 1.03. The summed E-state index contributed by atoms with van der Waals surface area (Å²) in [6, 6.07) is -1.10. The molecule has 0 unspecified atom stereocenters. The maximum Gasteiger partial charge on any atom is 0.330 e. The van der Waals surface area contributed by atoms with Gasteiger partial charge in [-0.25, -0.2) is 19.7 Å². The van der Waals surface area contributed by atoms with Crippen molar-refractivity contribution in [3.8, 4) is 0 Å².